The van der Waals surface area contributed by atoms with Gasteiger partial charge in [0.15, 0.2) is 0 Å². The molecular formula is C18H22F2N2O4. The number of nitrogens with zero attached hydrogens (tertiary/aromatic N) is 1. The summed E-state index contributed by atoms with van der Waals surface area (Å²) >= 11 is 0. The second-order valence-corrected chi connectivity index (χ2v) is 7.06. The van der Waals surface area contributed by atoms with Crippen LogP contribution in [0.3, 0.4) is 0 Å². The molecule has 2 amide bonds. The first kappa shape index (κ1) is 18.6. The number of likely N-dealkylation sites (tertiary alicyclic amines) is 1. The lowest BCUT2D eigenvalue weighted by atomic mass is 9.86. The van der Waals surface area contributed by atoms with Crippen molar-refractivity contribution in [3.05, 3.63) is 35.4 Å². The Bertz CT molecular complexity index is 692. The molecule has 3 N–H and O–H groups in total. The quantitative estimate of drug-likeness (QED) is 0.764. The maximum absolute atomic E-state index is 14.1. The van der Waals surface area contributed by atoms with E-state index in [0.29, 0.717) is 25.7 Å². The molecule has 1 saturated heterocycles. The van der Waals surface area contributed by atoms with Crippen molar-refractivity contribution in [3.8, 4) is 0 Å². The van der Waals surface area contributed by atoms with Crippen LogP contribution in [-0.4, -0.2) is 45.8 Å². The Hall–Kier alpha value is -2.22. The number of urea groups is 1. The molecule has 8 heteroatoms. The van der Waals surface area contributed by atoms with Gasteiger partial charge in [-0.25, -0.2) is 13.6 Å². The number of carbonyl (C=O) groups excluding carboxylic acids is 1. The third-order valence-corrected chi connectivity index (χ3v) is 5.26. The Morgan fingerprint density at radius 3 is 2.50 bits per heavy atom. The van der Waals surface area contributed by atoms with Gasteiger partial charge in [-0.1, -0.05) is 0 Å². The van der Waals surface area contributed by atoms with E-state index < -0.39 is 35.8 Å². The van der Waals surface area contributed by atoms with Crippen molar-refractivity contribution in [1.29, 1.82) is 0 Å². The monoisotopic (exact) mass is 368 g/mol. The Kier molecular flexibility index (Phi) is 5.41. The fourth-order valence-electron chi connectivity index (χ4n) is 3.85. The van der Waals surface area contributed by atoms with Crippen molar-refractivity contribution in [2.24, 2.45) is 5.92 Å². The molecule has 2 aliphatic rings. The van der Waals surface area contributed by atoms with Crippen LogP contribution in [0.5, 0.6) is 0 Å². The average molecular weight is 368 g/mol. The van der Waals surface area contributed by atoms with E-state index in [0.717, 1.165) is 18.2 Å². The van der Waals surface area contributed by atoms with Crippen LogP contribution in [-0.2, 0) is 4.79 Å². The Labute approximate surface area is 149 Å². The number of halogens is 2. The van der Waals surface area contributed by atoms with Crippen LogP contribution in [0.15, 0.2) is 18.2 Å². The van der Waals surface area contributed by atoms with Crippen molar-refractivity contribution in [3.63, 3.8) is 0 Å². The minimum Gasteiger partial charge on any atom is -0.481 e. The second kappa shape index (κ2) is 7.57. The number of nitrogens with one attached hydrogen (secondary N) is 1. The number of amides is 2. The number of carbonyl (C=O) groups is 2. The van der Waals surface area contributed by atoms with E-state index in [4.69, 9.17) is 5.11 Å². The molecule has 0 spiro atoms. The summed E-state index contributed by atoms with van der Waals surface area (Å²) in [6, 6.07) is 1.73. The SMILES string of the molecule is O=C(O)C1CCC(NC(=O)N2CC(O)CC2c2cc(F)ccc2F)CC1. The zero-order valence-electron chi connectivity index (χ0n) is 14.2. The summed E-state index contributed by atoms with van der Waals surface area (Å²) in [5.74, 6) is -2.43. The Morgan fingerprint density at radius 2 is 1.85 bits per heavy atom. The zero-order chi connectivity index (χ0) is 18.8. The highest BCUT2D eigenvalue weighted by molar-refractivity contribution is 5.76. The summed E-state index contributed by atoms with van der Waals surface area (Å²) in [5, 5.41) is 21.8. The van der Waals surface area contributed by atoms with E-state index in [1.54, 1.807) is 0 Å². The van der Waals surface area contributed by atoms with E-state index in [2.05, 4.69) is 5.32 Å². The summed E-state index contributed by atoms with van der Waals surface area (Å²) in [5.41, 5.74) is 0.0475. The van der Waals surface area contributed by atoms with E-state index in [9.17, 15) is 23.5 Å². The number of aliphatic hydroxyl groups excluding tert-OH is 1. The number of hydrogen-bond donors (Lipinski definition) is 3. The summed E-state index contributed by atoms with van der Waals surface area (Å²) in [4.78, 5) is 24.9. The number of aliphatic hydroxyl groups is 1. The van der Waals surface area contributed by atoms with Crippen molar-refractivity contribution in [2.75, 3.05) is 6.54 Å². The maximum Gasteiger partial charge on any atom is 0.318 e. The fraction of sp³-hybridized carbons (Fsp3) is 0.556. The van der Waals surface area contributed by atoms with Crippen LogP contribution in [0.25, 0.3) is 0 Å². The zero-order valence-corrected chi connectivity index (χ0v) is 14.2. The van der Waals surface area contributed by atoms with Crippen molar-refractivity contribution in [1.82, 2.24) is 10.2 Å². The third kappa shape index (κ3) is 3.95. The fourth-order valence-corrected chi connectivity index (χ4v) is 3.85. The van der Waals surface area contributed by atoms with Gasteiger partial charge in [0, 0.05) is 18.2 Å². The van der Waals surface area contributed by atoms with Gasteiger partial charge in [-0.15, -0.1) is 0 Å². The molecule has 142 valence electrons. The normalized spacial score (nSPS) is 28.8. The molecule has 26 heavy (non-hydrogen) atoms. The highest BCUT2D eigenvalue weighted by Gasteiger charge is 2.38. The van der Waals surface area contributed by atoms with Gasteiger partial charge in [0.05, 0.1) is 18.1 Å². The number of benzene rings is 1. The molecule has 1 saturated carbocycles. The molecule has 0 bridgehead atoms. The standard InChI is InChI=1S/C18H22F2N2O4/c19-11-3-6-15(20)14(7-11)16-8-13(23)9-22(16)18(26)21-12-4-1-10(2-5-12)17(24)25/h3,6-7,10,12-13,16,23H,1-2,4-5,8-9H2,(H,21,26)(H,24,25). The Balaban J connectivity index is 1.68. The first-order valence-electron chi connectivity index (χ1n) is 8.78. The number of aliphatic carboxylic acids is 1. The highest BCUT2D eigenvalue weighted by Crippen LogP contribution is 2.34. The van der Waals surface area contributed by atoms with Gasteiger partial charge in [0.25, 0.3) is 0 Å². The van der Waals surface area contributed by atoms with Gasteiger partial charge in [-0.2, -0.15) is 0 Å². The molecule has 1 aliphatic heterocycles. The second-order valence-electron chi connectivity index (χ2n) is 7.06. The van der Waals surface area contributed by atoms with E-state index in [1.807, 2.05) is 0 Å². The maximum atomic E-state index is 14.1. The summed E-state index contributed by atoms with van der Waals surface area (Å²) in [6.45, 7) is 0.0386. The average Bonchev–Trinajstić information content (AvgIpc) is 2.99. The first-order chi connectivity index (χ1) is 12.3. The van der Waals surface area contributed by atoms with Gasteiger partial charge in [0.1, 0.15) is 11.6 Å². The van der Waals surface area contributed by atoms with Crippen molar-refractivity contribution >= 4 is 12.0 Å². The Morgan fingerprint density at radius 1 is 1.15 bits per heavy atom. The molecule has 1 heterocycles. The van der Waals surface area contributed by atoms with Crippen LogP contribution >= 0.6 is 0 Å². The summed E-state index contributed by atoms with van der Waals surface area (Å²) < 4.78 is 27.6. The molecule has 3 rings (SSSR count). The third-order valence-electron chi connectivity index (χ3n) is 5.26. The topological polar surface area (TPSA) is 89.9 Å². The van der Waals surface area contributed by atoms with Gasteiger partial charge in [-0.05, 0) is 50.3 Å². The highest BCUT2D eigenvalue weighted by atomic mass is 19.1. The van der Waals surface area contributed by atoms with Crippen LogP contribution in [0.1, 0.15) is 43.7 Å². The lowest BCUT2D eigenvalue weighted by molar-refractivity contribution is -0.142. The predicted octanol–water partition coefficient (Wildman–Crippen LogP) is 2.43. The van der Waals surface area contributed by atoms with Crippen LogP contribution in [0, 0.1) is 17.6 Å². The van der Waals surface area contributed by atoms with Crippen molar-refractivity contribution in [2.45, 2.75) is 50.3 Å². The summed E-state index contributed by atoms with van der Waals surface area (Å²) in [7, 11) is 0. The van der Waals surface area contributed by atoms with Gasteiger partial charge >= 0.3 is 12.0 Å². The number of β-amino-alcohol motifs (C(OH)–C–C–N with tert-alkyl or cyclic N) is 1. The molecule has 1 aromatic carbocycles. The van der Waals surface area contributed by atoms with Crippen LogP contribution in [0.4, 0.5) is 13.6 Å². The minimum absolute atomic E-state index is 0.0386. The van der Waals surface area contributed by atoms with Gasteiger partial charge in [-0.3, -0.25) is 4.79 Å². The first-order valence-corrected chi connectivity index (χ1v) is 8.78. The summed E-state index contributed by atoms with van der Waals surface area (Å²) in [6.07, 6.45) is 1.42. The molecule has 0 radical (unpaired) electrons. The molecule has 1 aromatic rings. The number of carboxylic acids is 1. The van der Waals surface area contributed by atoms with E-state index in [1.165, 1.54) is 4.90 Å². The number of hydrogen-bond acceptors (Lipinski definition) is 3. The molecule has 2 unspecified atom stereocenters. The molecule has 1 aliphatic carbocycles. The predicted molar refractivity (Wildman–Crippen MR) is 88.3 cm³/mol. The van der Waals surface area contributed by atoms with Crippen LogP contribution < -0.4 is 5.32 Å². The smallest absolute Gasteiger partial charge is 0.318 e. The number of rotatable bonds is 3. The van der Waals surface area contributed by atoms with Gasteiger partial charge < -0.3 is 20.4 Å². The lowest BCUT2D eigenvalue weighted by Crippen LogP contribution is -2.46. The lowest BCUT2D eigenvalue weighted by Gasteiger charge is -2.31. The van der Waals surface area contributed by atoms with E-state index in [-0.39, 0.29) is 30.5 Å². The molecule has 6 nitrogen and oxygen atoms in total. The largest absolute Gasteiger partial charge is 0.481 e. The van der Waals surface area contributed by atoms with Crippen LogP contribution in [0.2, 0.25) is 0 Å². The minimum atomic E-state index is -0.820. The molecular weight excluding hydrogens is 346 g/mol. The number of carboxylic acid groups (broad SMARTS) is 1. The van der Waals surface area contributed by atoms with Crippen molar-refractivity contribution < 1.29 is 28.6 Å². The molecule has 2 fully saturated rings. The van der Waals surface area contributed by atoms with Gasteiger partial charge in [0.2, 0.25) is 0 Å². The molecule has 2 atom stereocenters. The molecule has 0 aromatic heterocycles. The van der Waals surface area contributed by atoms with E-state index >= 15 is 0 Å².